The highest BCUT2D eigenvalue weighted by molar-refractivity contribution is 6.16. The number of hydrogen-bond acceptors (Lipinski definition) is 2. The minimum atomic E-state index is -0.694. The SMILES string of the molecule is [2H]C(C)(C)c1ccnc(-c2ccc(-c3c(C)cc(C)cc3C)c3c2oc2ccccc23)c1. The zero-order valence-electron chi connectivity index (χ0n) is 19.7. The van der Waals surface area contributed by atoms with Gasteiger partial charge in [-0.1, -0.05) is 55.8 Å². The fourth-order valence-electron chi connectivity index (χ4n) is 4.73. The van der Waals surface area contributed by atoms with Gasteiger partial charge >= 0.3 is 0 Å². The Morgan fingerprint density at radius 1 is 0.871 bits per heavy atom. The molecule has 154 valence electrons. The first-order valence-electron chi connectivity index (χ1n) is 11.2. The molecule has 0 aliphatic heterocycles. The first-order chi connectivity index (χ1) is 15.2. The molecule has 0 radical (unpaired) electrons. The average molecular weight is 407 g/mol. The van der Waals surface area contributed by atoms with Gasteiger partial charge in [0.25, 0.3) is 0 Å². The Morgan fingerprint density at radius 3 is 2.32 bits per heavy atom. The summed E-state index contributed by atoms with van der Waals surface area (Å²) in [5.74, 6) is -0.694. The second kappa shape index (κ2) is 7.39. The third-order valence-electron chi connectivity index (χ3n) is 6.09. The molecule has 0 fully saturated rings. The number of furan rings is 1. The molecule has 0 aliphatic carbocycles. The molecule has 2 heteroatoms. The summed E-state index contributed by atoms with van der Waals surface area (Å²) in [6, 6.07) is 20.9. The van der Waals surface area contributed by atoms with Gasteiger partial charge in [-0.3, -0.25) is 4.98 Å². The van der Waals surface area contributed by atoms with Crippen LogP contribution in [0.1, 0.15) is 43.4 Å². The molecular formula is C29H27NO. The number of hydrogen-bond donors (Lipinski definition) is 0. The quantitative estimate of drug-likeness (QED) is 0.301. The standard InChI is InChI=1S/C29H27NO/c1-17(2)21-12-13-30-25(16-21)22-10-11-24(27-19(4)14-18(3)15-20(27)5)28-23-8-6-7-9-26(23)31-29(22)28/h6-17H,1-5H3/i17D. The van der Waals surface area contributed by atoms with Crippen molar-refractivity contribution in [2.75, 3.05) is 0 Å². The van der Waals surface area contributed by atoms with Crippen LogP contribution >= 0.6 is 0 Å². The van der Waals surface area contributed by atoms with Gasteiger partial charge in [0.2, 0.25) is 0 Å². The molecule has 0 bridgehead atoms. The molecule has 3 aromatic carbocycles. The monoisotopic (exact) mass is 406 g/mol. The largest absolute Gasteiger partial charge is 0.455 e. The van der Waals surface area contributed by atoms with E-state index in [4.69, 9.17) is 5.79 Å². The first kappa shape index (κ1) is 18.4. The van der Waals surface area contributed by atoms with Crippen LogP contribution in [0.2, 0.25) is 0 Å². The minimum absolute atomic E-state index is 0.694. The molecular weight excluding hydrogens is 378 g/mol. The maximum atomic E-state index is 8.44. The third-order valence-corrected chi connectivity index (χ3v) is 6.09. The summed E-state index contributed by atoms with van der Waals surface area (Å²) in [5.41, 5.74) is 10.7. The summed E-state index contributed by atoms with van der Waals surface area (Å²) >= 11 is 0. The van der Waals surface area contributed by atoms with Gasteiger partial charge < -0.3 is 4.42 Å². The topological polar surface area (TPSA) is 26.0 Å². The number of aryl methyl sites for hydroxylation is 3. The molecule has 2 heterocycles. The van der Waals surface area contributed by atoms with Crippen molar-refractivity contribution in [2.45, 2.75) is 40.5 Å². The highest BCUT2D eigenvalue weighted by atomic mass is 16.3. The fourth-order valence-corrected chi connectivity index (χ4v) is 4.73. The van der Waals surface area contributed by atoms with Crippen molar-refractivity contribution < 1.29 is 5.79 Å². The van der Waals surface area contributed by atoms with E-state index in [1.165, 1.54) is 27.8 Å². The second-order valence-electron chi connectivity index (χ2n) is 8.67. The molecule has 0 saturated heterocycles. The van der Waals surface area contributed by atoms with Crippen molar-refractivity contribution in [3.05, 3.63) is 89.1 Å². The smallest absolute Gasteiger partial charge is 0.145 e. The van der Waals surface area contributed by atoms with E-state index in [-0.39, 0.29) is 0 Å². The number of rotatable bonds is 3. The normalized spacial score (nSPS) is 12.5. The van der Waals surface area contributed by atoms with Crippen LogP contribution in [-0.2, 0) is 0 Å². The summed E-state index contributed by atoms with van der Waals surface area (Å²) in [6.07, 6.45) is 1.79. The lowest BCUT2D eigenvalue weighted by Gasteiger charge is -2.14. The Labute approximate surface area is 185 Å². The number of fused-ring (bicyclic) bond motifs is 3. The summed E-state index contributed by atoms with van der Waals surface area (Å²) in [6.45, 7) is 10.3. The van der Waals surface area contributed by atoms with Crippen LogP contribution in [0.3, 0.4) is 0 Å². The molecule has 31 heavy (non-hydrogen) atoms. The van der Waals surface area contributed by atoms with Gasteiger partial charge in [-0.25, -0.2) is 0 Å². The summed E-state index contributed by atoms with van der Waals surface area (Å²) in [4.78, 5) is 4.65. The van der Waals surface area contributed by atoms with Crippen molar-refractivity contribution in [3.8, 4) is 22.4 Å². The molecule has 0 amide bonds. The van der Waals surface area contributed by atoms with Gasteiger partial charge in [0.1, 0.15) is 11.2 Å². The van der Waals surface area contributed by atoms with Gasteiger partial charge in [0.05, 0.1) is 5.69 Å². The van der Waals surface area contributed by atoms with Crippen molar-refractivity contribution in [3.63, 3.8) is 0 Å². The Morgan fingerprint density at radius 2 is 1.58 bits per heavy atom. The van der Waals surface area contributed by atoms with Gasteiger partial charge in [0, 0.05) is 23.9 Å². The van der Waals surface area contributed by atoms with Crippen molar-refractivity contribution >= 4 is 21.9 Å². The number of para-hydroxylation sites is 1. The number of nitrogens with zero attached hydrogens (tertiary/aromatic N) is 1. The highest BCUT2D eigenvalue weighted by Gasteiger charge is 2.19. The lowest BCUT2D eigenvalue weighted by atomic mass is 9.89. The lowest BCUT2D eigenvalue weighted by molar-refractivity contribution is 0.670. The zero-order chi connectivity index (χ0) is 22.6. The maximum absolute atomic E-state index is 8.44. The average Bonchev–Trinajstić information content (AvgIpc) is 3.12. The van der Waals surface area contributed by atoms with E-state index >= 15 is 0 Å². The van der Waals surface area contributed by atoms with Crippen LogP contribution in [-0.4, -0.2) is 4.98 Å². The molecule has 0 saturated carbocycles. The minimum Gasteiger partial charge on any atom is -0.455 e. The van der Waals surface area contributed by atoms with Gasteiger partial charge in [-0.15, -0.1) is 0 Å². The van der Waals surface area contributed by atoms with Crippen molar-refractivity contribution in [2.24, 2.45) is 0 Å². The van der Waals surface area contributed by atoms with Gasteiger partial charge in [0.15, 0.2) is 0 Å². The lowest BCUT2D eigenvalue weighted by Crippen LogP contribution is -1.93. The summed E-state index contributed by atoms with van der Waals surface area (Å²) in [5, 5.41) is 2.22. The predicted molar refractivity (Wildman–Crippen MR) is 131 cm³/mol. The highest BCUT2D eigenvalue weighted by Crippen LogP contribution is 2.43. The van der Waals surface area contributed by atoms with E-state index in [9.17, 15) is 0 Å². The Balaban J connectivity index is 1.86. The van der Waals surface area contributed by atoms with Crippen LogP contribution in [0.4, 0.5) is 0 Å². The van der Waals surface area contributed by atoms with E-state index in [1.807, 2.05) is 38.1 Å². The van der Waals surface area contributed by atoms with E-state index < -0.39 is 5.89 Å². The van der Waals surface area contributed by atoms with Crippen LogP contribution in [0.25, 0.3) is 44.3 Å². The Bertz CT molecular complexity index is 1460. The Hall–Kier alpha value is -3.39. The fraction of sp³-hybridized carbons (Fsp3) is 0.207. The molecule has 0 unspecified atom stereocenters. The van der Waals surface area contributed by atoms with Crippen molar-refractivity contribution in [1.29, 1.82) is 0 Å². The predicted octanol–water partition coefficient (Wildman–Crippen LogP) is 8.36. The maximum Gasteiger partial charge on any atom is 0.145 e. The first-order valence-corrected chi connectivity index (χ1v) is 10.7. The zero-order valence-corrected chi connectivity index (χ0v) is 18.7. The molecule has 0 atom stereocenters. The van der Waals surface area contributed by atoms with Crippen LogP contribution < -0.4 is 0 Å². The molecule has 0 N–H and O–H groups in total. The molecule has 2 nitrogen and oxygen atoms in total. The number of aromatic nitrogens is 1. The van der Waals surface area contributed by atoms with Gasteiger partial charge in [-0.2, -0.15) is 0 Å². The van der Waals surface area contributed by atoms with Crippen LogP contribution in [0.15, 0.2) is 71.3 Å². The molecule has 2 aromatic heterocycles. The molecule has 0 spiro atoms. The number of pyridine rings is 1. The van der Waals surface area contributed by atoms with E-state index in [1.54, 1.807) is 6.20 Å². The summed E-state index contributed by atoms with van der Waals surface area (Å²) < 4.78 is 14.9. The van der Waals surface area contributed by atoms with E-state index in [0.29, 0.717) is 0 Å². The van der Waals surface area contributed by atoms with Crippen LogP contribution in [0.5, 0.6) is 0 Å². The third kappa shape index (κ3) is 3.23. The van der Waals surface area contributed by atoms with Crippen LogP contribution in [0, 0.1) is 20.8 Å². The number of benzene rings is 3. The van der Waals surface area contributed by atoms with E-state index in [2.05, 4.69) is 62.2 Å². The second-order valence-corrected chi connectivity index (χ2v) is 8.67. The van der Waals surface area contributed by atoms with Gasteiger partial charge in [-0.05, 0) is 78.7 Å². The molecule has 0 aliphatic rings. The summed E-state index contributed by atoms with van der Waals surface area (Å²) in [7, 11) is 0. The Kier molecular flexibility index (Phi) is 4.38. The van der Waals surface area contributed by atoms with Crippen molar-refractivity contribution in [1.82, 2.24) is 4.98 Å². The van der Waals surface area contributed by atoms with E-state index in [0.717, 1.165) is 38.8 Å². The molecule has 5 aromatic rings. The molecule has 5 rings (SSSR count).